The lowest BCUT2D eigenvalue weighted by Crippen LogP contribution is -1.98. The fraction of sp³-hybridized carbons (Fsp3) is 0. The predicted molar refractivity (Wildman–Crippen MR) is 242 cm³/mol. The van der Waals surface area contributed by atoms with Gasteiger partial charge in [0.2, 0.25) is 0 Å². The van der Waals surface area contributed by atoms with Gasteiger partial charge in [-0.3, -0.25) is 0 Å². The van der Waals surface area contributed by atoms with Crippen LogP contribution in [0.4, 0.5) is 0 Å². The summed E-state index contributed by atoms with van der Waals surface area (Å²) in [6, 6.07) is 70.4. The van der Waals surface area contributed by atoms with Crippen molar-refractivity contribution in [2.24, 2.45) is 0 Å². The summed E-state index contributed by atoms with van der Waals surface area (Å²) < 4.78 is 6.81. The molecule has 0 saturated heterocycles. The molecule has 0 aliphatic rings. The molecule has 0 N–H and O–H groups in total. The normalized spacial score (nSPS) is 11.7. The third-order valence-electron chi connectivity index (χ3n) is 11.5. The first-order chi connectivity index (χ1) is 29.3. The molecular weight excluding hydrogens is 721 g/mol. The predicted octanol–water partition coefficient (Wildman–Crippen LogP) is 13.0. The molecule has 0 unspecified atom stereocenters. The third-order valence-corrected chi connectivity index (χ3v) is 11.5. The second-order valence-electron chi connectivity index (χ2n) is 14.9. The zero-order chi connectivity index (χ0) is 38.9. The van der Waals surface area contributed by atoms with Crippen molar-refractivity contribution < 1.29 is 0 Å². The highest BCUT2D eigenvalue weighted by atomic mass is 15.3. The Labute approximate surface area is 339 Å². The Morgan fingerprint density at radius 3 is 1.56 bits per heavy atom. The summed E-state index contributed by atoms with van der Waals surface area (Å²) in [5.74, 6) is 0.706. The van der Waals surface area contributed by atoms with Crippen molar-refractivity contribution in [1.82, 2.24) is 28.9 Å². The summed E-state index contributed by atoms with van der Waals surface area (Å²) >= 11 is 0. The van der Waals surface area contributed by atoms with Gasteiger partial charge in [-0.2, -0.15) is 5.10 Å². The van der Waals surface area contributed by atoms with Crippen LogP contribution in [0.25, 0.3) is 105 Å². The molecule has 276 valence electrons. The van der Waals surface area contributed by atoms with Crippen LogP contribution in [0.2, 0.25) is 0 Å². The number of aromatic nitrogens is 6. The van der Waals surface area contributed by atoms with Gasteiger partial charge in [0.1, 0.15) is 0 Å². The molecular formula is C53H34N6. The molecule has 59 heavy (non-hydrogen) atoms. The van der Waals surface area contributed by atoms with Crippen molar-refractivity contribution in [2.75, 3.05) is 0 Å². The second-order valence-corrected chi connectivity index (χ2v) is 14.9. The van der Waals surface area contributed by atoms with Gasteiger partial charge in [-0.25, -0.2) is 14.6 Å². The van der Waals surface area contributed by atoms with Crippen molar-refractivity contribution >= 4 is 54.5 Å². The van der Waals surface area contributed by atoms with E-state index in [4.69, 9.17) is 15.1 Å². The fourth-order valence-electron chi connectivity index (χ4n) is 8.83. The number of benzene rings is 8. The molecule has 4 heterocycles. The fourth-order valence-corrected chi connectivity index (χ4v) is 8.83. The maximum absolute atomic E-state index is 5.07. The summed E-state index contributed by atoms with van der Waals surface area (Å²) in [5, 5.41) is 11.0. The summed E-state index contributed by atoms with van der Waals surface area (Å²) in [7, 11) is 0. The highest BCUT2D eigenvalue weighted by molar-refractivity contribution is 6.18. The molecule has 0 fully saturated rings. The molecule has 8 aromatic carbocycles. The molecule has 6 heteroatoms. The van der Waals surface area contributed by atoms with Crippen molar-refractivity contribution in [2.45, 2.75) is 0 Å². The lowest BCUT2D eigenvalue weighted by Gasteiger charge is -2.12. The van der Waals surface area contributed by atoms with Crippen LogP contribution < -0.4 is 0 Å². The quantitative estimate of drug-likeness (QED) is 0.170. The molecule has 0 aliphatic carbocycles. The maximum Gasteiger partial charge on any atom is 0.160 e. The summed E-state index contributed by atoms with van der Waals surface area (Å²) in [6.07, 6.45) is 2.02. The van der Waals surface area contributed by atoms with Crippen LogP contribution in [-0.4, -0.2) is 28.9 Å². The SMILES string of the molecule is c1ccc(-c2cc(-c3ccc(-n4c5ccccc5c5cc(-n6ncc7c6ccc6c8ccccc8n(-c8ccccc8)c67)ccc54)cc3)nc(-c3ccccc3)n2)cc1. The average molecular weight is 755 g/mol. The van der Waals surface area contributed by atoms with Crippen LogP contribution in [0.3, 0.4) is 0 Å². The molecule has 0 bridgehead atoms. The standard InChI is InChI=1S/C53H34N6/c1-4-14-35(15-5-1)46-33-47(56-53(55-46)37-16-6-2-7-17-37)36-24-26-39(27-25-36)57-48-22-12-11-21-42(48)44-32-40(28-30-50(44)57)59-51-31-29-43-41-20-10-13-23-49(41)58(38-18-8-3-9-19-38)52(43)45(51)34-54-59/h1-34H. The molecule has 0 amide bonds. The van der Waals surface area contributed by atoms with Gasteiger partial charge in [0.15, 0.2) is 5.82 Å². The third kappa shape index (κ3) is 5.31. The summed E-state index contributed by atoms with van der Waals surface area (Å²) in [6.45, 7) is 0. The van der Waals surface area contributed by atoms with E-state index in [1.54, 1.807) is 0 Å². The van der Waals surface area contributed by atoms with E-state index in [-0.39, 0.29) is 0 Å². The van der Waals surface area contributed by atoms with Crippen LogP contribution in [-0.2, 0) is 0 Å². The van der Waals surface area contributed by atoms with E-state index in [0.717, 1.165) is 72.6 Å². The van der Waals surface area contributed by atoms with Gasteiger partial charge in [-0.05, 0) is 72.8 Å². The Balaban J connectivity index is 0.974. The molecule has 6 nitrogen and oxygen atoms in total. The first-order valence-electron chi connectivity index (χ1n) is 19.9. The monoisotopic (exact) mass is 754 g/mol. The van der Waals surface area contributed by atoms with Gasteiger partial charge in [0.25, 0.3) is 0 Å². The van der Waals surface area contributed by atoms with Gasteiger partial charge in [0, 0.05) is 55.0 Å². The van der Waals surface area contributed by atoms with Crippen molar-refractivity contribution in [3.63, 3.8) is 0 Å². The van der Waals surface area contributed by atoms with Gasteiger partial charge in [-0.15, -0.1) is 0 Å². The average Bonchev–Trinajstić information content (AvgIpc) is 4.00. The van der Waals surface area contributed by atoms with Gasteiger partial charge in [0.05, 0.1) is 50.9 Å². The van der Waals surface area contributed by atoms with Gasteiger partial charge >= 0.3 is 0 Å². The zero-order valence-electron chi connectivity index (χ0n) is 31.8. The van der Waals surface area contributed by atoms with E-state index >= 15 is 0 Å². The van der Waals surface area contributed by atoms with E-state index in [0.29, 0.717) is 5.82 Å². The Hall–Kier alpha value is -8.09. The molecule has 4 aromatic heterocycles. The number of rotatable bonds is 6. The van der Waals surface area contributed by atoms with E-state index in [1.165, 1.54) is 27.1 Å². The van der Waals surface area contributed by atoms with Crippen molar-refractivity contribution in [1.29, 1.82) is 0 Å². The topological polar surface area (TPSA) is 53.5 Å². The smallest absolute Gasteiger partial charge is 0.160 e. The lowest BCUT2D eigenvalue weighted by molar-refractivity contribution is 0.912. The number of nitrogens with zero attached hydrogens (tertiary/aromatic N) is 6. The number of fused-ring (bicyclic) bond motifs is 8. The Morgan fingerprint density at radius 2 is 0.847 bits per heavy atom. The minimum atomic E-state index is 0.706. The Morgan fingerprint density at radius 1 is 0.322 bits per heavy atom. The van der Waals surface area contributed by atoms with Crippen LogP contribution in [0, 0.1) is 0 Å². The Kier molecular flexibility index (Phi) is 7.43. The largest absolute Gasteiger partial charge is 0.309 e. The minimum absolute atomic E-state index is 0.706. The zero-order valence-corrected chi connectivity index (χ0v) is 31.8. The first-order valence-corrected chi connectivity index (χ1v) is 19.9. The molecule has 0 atom stereocenters. The summed E-state index contributed by atoms with van der Waals surface area (Å²) in [5.41, 5.74) is 13.7. The van der Waals surface area contributed by atoms with Gasteiger partial charge < -0.3 is 9.13 Å². The lowest BCUT2D eigenvalue weighted by atomic mass is 10.1. The second kappa shape index (κ2) is 13.3. The molecule has 0 aliphatic heterocycles. The van der Waals surface area contributed by atoms with Crippen LogP contribution in [0.15, 0.2) is 206 Å². The van der Waals surface area contributed by atoms with Crippen molar-refractivity contribution in [3.05, 3.63) is 206 Å². The molecule has 0 radical (unpaired) electrons. The minimum Gasteiger partial charge on any atom is -0.309 e. The highest BCUT2D eigenvalue weighted by Gasteiger charge is 2.19. The number of para-hydroxylation sites is 3. The van der Waals surface area contributed by atoms with Crippen LogP contribution >= 0.6 is 0 Å². The van der Waals surface area contributed by atoms with E-state index in [2.05, 4.69) is 178 Å². The van der Waals surface area contributed by atoms with E-state index in [1.807, 2.05) is 42.6 Å². The summed E-state index contributed by atoms with van der Waals surface area (Å²) in [4.78, 5) is 10.1. The van der Waals surface area contributed by atoms with Crippen LogP contribution in [0.1, 0.15) is 0 Å². The maximum atomic E-state index is 5.07. The molecule has 12 aromatic rings. The van der Waals surface area contributed by atoms with Crippen molar-refractivity contribution in [3.8, 4) is 51.0 Å². The Bertz CT molecular complexity index is 3470. The highest BCUT2D eigenvalue weighted by Crippen LogP contribution is 2.39. The first kappa shape index (κ1) is 33.1. The van der Waals surface area contributed by atoms with Crippen LogP contribution in [0.5, 0.6) is 0 Å². The molecule has 0 spiro atoms. The molecule has 12 rings (SSSR count). The van der Waals surface area contributed by atoms with E-state index < -0.39 is 0 Å². The number of hydrogen-bond donors (Lipinski definition) is 0. The molecule has 0 saturated carbocycles. The van der Waals surface area contributed by atoms with E-state index in [9.17, 15) is 0 Å². The number of hydrogen-bond acceptors (Lipinski definition) is 3. The van der Waals surface area contributed by atoms with Gasteiger partial charge in [-0.1, -0.05) is 127 Å².